The molecule has 3 aromatic rings. The lowest BCUT2D eigenvalue weighted by atomic mass is 10.0. The van der Waals surface area contributed by atoms with Crippen LogP contribution in [0, 0.1) is 13.8 Å². The Balaban J connectivity index is 1.77. The average Bonchev–Trinajstić information content (AvgIpc) is 3.23. The lowest BCUT2D eigenvalue weighted by molar-refractivity contribution is 0.0947. The van der Waals surface area contributed by atoms with Crippen molar-refractivity contribution in [1.29, 1.82) is 0 Å². The third kappa shape index (κ3) is 3.34. The Morgan fingerprint density at radius 2 is 2.17 bits per heavy atom. The van der Waals surface area contributed by atoms with E-state index >= 15 is 0 Å². The zero-order chi connectivity index (χ0) is 16.2. The van der Waals surface area contributed by atoms with Gasteiger partial charge in [-0.05, 0) is 43.7 Å². The molecule has 2 aromatic heterocycles. The van der Waals surface area contributed by atoms with Crippen LogP contribution in [0.2, 0.25) is 0 Å². The first-order valence-electron chi connectivity index (χ1n) is 7.53. The molecule has 0 saturated heterocycles. The van der Waals surface area contributed by atoms with E-state index in [0.29, 0.717) is 12.1 Å². The van der Waals surface area contributed by atoms with Crippen LogP contribution >= 0.6 is 0 Å². The number of carbonyl (C=O) groups excluding carboxylic acids is 1. The Kier molecular flexibility index (Phi) is 4.28. The fourth-order valence-electron chi connectivity index (χ4n) is 2.54. The number of hydrogen-bond donors (Lipinski definition) is 1. The highest BCUT2D eigenvalue weighted by Gasteiger charge is 2.19. The third-order valence-electron chi connectivity index (χ3n) is 3.81. The number of rotatable bonds is 5. The summed E-state index contributed by atoms with van der Waals surface area (Å²) in [5, 5.41) is 7.24. The van der Waals surface area contributed by atoms with Crippen molar-refractivity contribution in [3.05, 3.63) is 77.5 Å². The zero-order valence-electron chi connectivity index (χ0n) is 13.2. The van der Waals surface area contributed by atoms with E-state index in [1.165, 1.54) is 0 Å². The highest BCUT2D eigenvalue weighted by Crippen LogP contribution is 2.18. The van der Waals surface area contributed by atoms with Crippen molar-refractivity contribution < 1.29 is 9.21 Å². The van der Waals surface area contributed by atoms with Gasteiger partial charge in [0.25, 0.3) is 5.91 Å². The second-order valence-electron chi connectivity index (χ2n) is 5.55. The van der Waals surface area contributed by atoms with Gasteiger partial charge in [0.05, 0.1) is 6.26 Å². The molecule has 118 valence electrons. The summed E-state index contributed by atoms with van der Waals surface area (Å²) in [6.07, 6.45) is 5.19. The van der Waals surface area contributed by atoms with Gasteiger partial charge in [0, 0.05) is 24.5 Å². The normalized spacial score (nSPS) is 12.1. The van der Waals surface area contributed by atoms with Gasteiger partial charge in [-0.3, -0.25) is 9.48 Å². The molecule has 0 aliphatic heterocycles. The number of nitrogens with one attached hydrogen (secondary N) is 1. The maximum Gasteiger partial charge on any atom is 0.251 e. The van der Waals surface area contributed by atoms with E-state index in [2.05, 4.69) is 10.4 Å². The van der Waals surface area contributed by atoms with Gasteiger partial charge in [-0.25, -0.2) is 0 Å². The van der Waals surface area contributed by atoms with Gasteiger partial charge >= 0.3 is 0 Å². The van der Waals surface area contributed by atoms with Crippen molar-refractivity contribution in [2.24, 2.45) is 0 Å². The SMILES string of the molecule is Cc1ccc(C)c(C(=O)NCC(c2ccco2)n2cccn2)c1. The fraction of sp³-hybridized carbons (Fsp3) is 0.222. The van der Waals surface area contributed by atoms with Crippen LogP contribution in [0.25, 0.3) is 0 Å². The average molecular weight is 309 g/mol. The Labute approximate surface area is 134 Å². The predicted molar refractivity (Wildman–Crippen MR) is 87.3 cm³/mol. The Bertz CT molecular complexity index is 742. The quantitative estimate of drug-likeness (QED) is 0.788. The van der Waals surface area contributed by atoms with Gasteiger partial charge in [0.1, 0.15) is 11.8 Å². The summed E-state index contributed by atoms with van der Waals surface area (Å²) in [7, 11) is 0. The van der Waals surface area contributed by atoms with Gasteiger partial charge < -0.3 is 9.73 Å². The smallest absolute Gasteiger partial charge is 0.251 e. The van der Waals surface area contributed by atoms with Crippen LogP contribution < -0.4 is 5.32 Å². The van der Waals surface area contributed by atoms with E-state index in [4.69, 9.17) is 4.42 Å². The van der Waals surface area contributed by atoms with Gasteiger partial charge in [0.2, 0.25) is 0 Å². The molecule has 0 aliphatic rings. The first kappa shape index (κ1) is 15.1. The van der Waals surface area contributed by atoms with E-state index in [1.54, 1.807) is 17.1 Å². The van der Waals surface area contributed by atoms with E-state index in [1.807, 2.05) is 56.4 Å². The van der Waals surface area contributed by atoms with Crippen LogP contribution in [0.1, 0.15) is 33.3 Å². The number of carbonyl (C=O) groups is 1. The Morgan fingerprint density at radius 3 is 2.87 bits per heavy atom. The molecule has 1 unspecified atom stereocenters. The molecular weight excluding hydrogens is 290 g/mol. The summed E-state index contributed by atoms with van der Waals surface area (Å²) in [6, 6.07) is 11.3. The largest absolute Gasteiger partial charge is 0.467 e. The van der Waals surface area contributed by atoms with Crippen molar-refractivity contribution in [2.75, 3.05) is 6.54 Å². The van der Waals surface area contributed by atoms with Gasteiger partial charge in [0.15, 0.2) is 0 Å². The molecule has 0 aliphatic carbocycles. The Hall–Kier alpha value is -2.82. The van der Waals surface area contributed by atoms with E-state index in [-0.39, 0.29) is 11.9 Å². The number of furan rings is 1. The fourth-order valence-corrected chi connectivity index (χ4v) is 2.54. The predicted octanol–water partition coefficient (Wildman–Crippen LogP) is 3.11. The molecule has 0 radical (unpaired) electrons. The maximum atomic E-state index is 12.5. The number of amides is 1. The minimum absolute atomic E-state index is 0.0880. The molecule has 1 N–H and O–H groups in total. The number of nitrogens with zero attached hydrogens (tertiary/aromatic N) is 2. The minimum Gasteiger partial charge on any atom is -0.467 e. The zero-order valence-corrected chi connectivity index (χ0v) is 13.2. The Morgan fingerprint density at radius 1 is 1.30 bits per heavy atom. The van der Waals surface area contributed by atoms with Crippen LogP contribution in [0.4, 0.5) is 0 Å². The highest BCUT2D eigenvalue weighted by molar-refractivity contribution is 5.95. The summed E-state index contributed by atoms with van der Waals surface area (Å²) in [5.74, 6) is 0.671. The molecule has 0 spiro atoms. The number of aryl methyl sites for hydroxylation is 2. The molecule has 5 nitrogen and oxygen atoms in total. The topological polar surface area (TPSA) is 60.1 Å². The lowest BCUT2D eigenvalue weighted by Gasteiger charge is -2.17. The minimum atomic E-state index is -0.172. The van der Waals surface area contributed by atoms with Crippen LogP contribution in [0.15, 0.2) is 59.5 Å². The summed E-state index contributed by atoms with van der Waals surface area (Å²) >= 11 is 0. The van der Waals surface area contributed by atoms with Crippen molar-refractivity contribution in [3.8, 4) is 0 Å². The van der Waals surface area contributed by atoms with Crippen LogP contribution in [0.3, 0.4) is 0 Å². The standard InChI is InChI=1S/C18H19N3O2/c1-13-6-7-14(2)15(11-13)18(22)19-12-16(17-5-3-10-23-17)21-9-4-8-20-21/h3-11,16H,12H2,1-2H3,(H,19,22). The summed E-state index contributed by atoms with van der Waals surface area (Å²) in [4.78, 5) is 12.5. The summed E-state index contributed by atoms with van der Waals surface area (Å²) < 4.78 is 7.27. The van der Waals surface area contributed by atoms with Crippen molar-refractivity contribution >= 4 is 5.91 Å². The van der Waals surface area contributed by atoms with Gasteiger partial charge in [-0.15, -0.1) is 0 Å². The lowest BCUT2D eigenvalue weighted by Crippen LogP contribution is -2.31. The number of benzene rings is 1. The van der Waals surface area contributed by atoms with Gasteiger partial charge in [-0.1, -0.05) is 17.7 Å². The second-order valence-corrected chi connectivity index (χ2v) is 5.55. The summed E-state index contributed by atoms with van der Waals surface area (Å²) in [6.45, 7) is 4.32. The van der Waals surface area contributed by atoms with E-state index < -0.39 is 0 Å². The molecule has 23 heavy (non-hydrogen) atoms. The molecule has 3 rings (SSSR count). The molecule has 0 bridgehead atoms. The van der Waals surface area contributed by atoms with Crippen LogP contribution in [-0.4, -0.2) is 22.2 Å². The number of hydrogen-bond acceptors (Lipinski definition) is 3. The highest BCUT2D eigenvalue weighted by atomic mass is 16.3. The monoisotopic (exact) mass is 309 g/mol. The van der Waals surface area contributed by atoms with E-state index in [9.17, 15) is 4.79 Å². The van der Waals surface area contributed by atoms with Crippen molar-refractivity contribution in [2.45, 2.75) is 19.9 Å². The molecule has 1 atom stereocenters. The summed E-state index contributed by atoms with van der Waals surface area (Å²) in [5.41, 5.74) is 2.72. The van der Waals surface area contributed by atoms with E-state index in [0.717, 1.165) is 16.9 Å². The van der Waals surface area contributed by atoms with Crippen molar-refractivity contribution in [3.63, 3.8) is 0 Å². The van der Waals surface area contributed by atoms with Crippen molar-refractivity contribution in [1.82, 2.24) is 15.1 Å². The second kappa shape index (κ2) is 6.52. The molecule has 1 amide bonds. The molecular formula is C18H19N3O2. The van der Waals surface area contributed by atoms with Crippen LogP contribution in [-0.2, 0) is 0 Å². The first-order valence-corrected chi connectivity index (χ1v) is 7.53. The molecule has 2 heterocycles. The maximum absolute atomic E-state index is 12.5. The first-order chi connectivity index (χ1) is 11.1. The number of aromatic nitrogens is 2. The third-order valence-corrected chi connectivity index (χ3v) is 3.81. The van der Waals surface area contributed by atoms with Crippen LogP contribution in [0.5, 0.6) is 0 Å². The molecule has 1 aromatic carbocycles. The van der Waals surface area contributed by atoms with Gasteiger partial charge in [-0.2, -0.15) is 5.10 Å². The molecule has 5 heteroatoms. The molecule has 0 saturated carbocycles. The molecule has 0 fully saturated rings.